The molecule has 1 aliphatic rings. The number of rotatable bonds is 1. The Balaban J connectivity index is 2.29. The molecule has 1 aliphatic heterocycles. The van der Waals surface area contributed by atoms with Crippen LogP contribution in [0.2, 0.25) is 0 Å². The maximum Gasteiger partial charge on any atom is 0.326 e. The molecule has 0 saturated heterocycles. The van der Waals surface area contributed by atoms with Gasteiger partial charge >= 0.3 is 5.97 Å². The van der Waals surface area contributed by atoms with Crippen LogP contribution in [0.15, 0.2) is 18.2 Å². The Bertz CT molecular complexity index is 378. The molecule has 1 atom stereocenters. The van der Waals surface area contributed by atoms with E-state index < -0.39 is 12.0 Å². The van der Waals surface area contributed by atoms with Gasteiger partial charge < -0.3 is 10.4 Å². The molecule has 0 radical (unpaired) electrons. The first-order chi connectivity index (χ1) is 6.66. The Morgan fingerprint density at radius 3 is 3.07 bits per heavy atom. The number of carboxylic acids is 1. The Morgan fingerprint density at radius 1 is 1.57 bits per heavy atom. The van der Waals surface area contributed by atoms with Gasteiger partial charge in [0.05, 0.1) is 0 Å². The molecule has 4 heteroatoms. The zero-order chi connectivity index (χ0) is 10.1. The molecule has 0 amide bonds. The van der Waals surface area contributed by atoms with Crippen molar-refractivity contribution in [3.05, 3.63) is 29.6 Å². The number of anilines is 1. The molecule has 0 unspecified atom stereocenters. The van der Waals surface area contributed by atoms with Gasteiger partial charge in [0.2, 0.25) is 0 Å². The van der Waals surface area contributed by atoms with E-state index in [1.807, 2.05) is 0 Å². The highest BCUT2D eigenvalue weighted by atomic mass is 19.1. The van der Waals surface area contributed by atoms with Crippen LogP contribution < -0.4 is 5.32 Å². The second-order valence-electron chi connectivity index (χ2n) is 3.38. The number of fused-ring (bicyclic) bond motifs is 1. The first kappa shape index (κ1) is 8.99. The minimum absolute atomic E-state index is 0.345. The molecule has 3 nitrogen and oxygen atoms in total. The monoisotopic (exact) mass is 195 g/mol. The number of hydrogen-bond donors (Lipinski definition) is 2. The predicted octanol–water partition coefficient (Wildman–Crippen LogP) is 1.64. The summed E-state index contributed by atoms with van der Waals surface area (Å²) in [5.74, 6) is -1.23. The zero-order valence-corrected chi connectivity index (χ0v) is 7.46. The number of carboxylic acid groups (broad SMARTS) is 1. The highest BCUT2D eigenvalue weighted by Crippen LogP contribution is 2.25. The van der Waals surface area contributed by atoms with Crippen molar-refractivity contribution in [2.75, 3.05) is 5.32 Å². The van der Waals surface area contributed by atoms with E-state index in [9.17, 15) is 9.18 Å². The molecule has 14 heavy (non-hydrogen) atoms. The molecule has 1 aromatic rings. The molecular formula is C10H10FNO2. The topological polar surface area (TPSA) is 49.3 Å². The van der Waals surface area contributed by atoms with Gasteiger partial charge in [0.1, 0.15) is 11.9 Å². The van der Waals surface area contributed by atoms with Crippen molar-refractivity contribution in [2.45, 2.75) is 18.9 Å². The summed E-state index contributed by atoms with van der Waals surface area (Å²) < 4.78 is 12.8. The third kappa shape index (κ3) is 1.55. The maximum absolute atomic E-state index is 12.8. The number of aliphatic carboxylic acids is 1. The van der Waals surface area contributed by atoms with E-state index in [4.69, 9.17) is 5.11 Å². The molecule has 74 valence electrons. The minimum Gasteiger partial charge on any atom is -0.480 e. The number of benzene rings is 1. The van der Waals surface area contributed by atoms with Crippen molar-refractivity contribution >= 4 is 11.7 Å². The van der Waals surface area contributed by atoms with Crippen LogP contribution >= 0.6 is 0 Å². The molecule has 0 saturated carbocycles. The van der Waals surface area contributed by atoms with Crippen molar-refractivity contribution < 1.29 is 14.3 Å². The third-order valence-electron chi connectivity index (χ3n) is 2.40. The van der Waals surface area contributed by atoms with Crippen molar-refractivity contribution in [1.29, 1.82) is 0 Å². The lowest BCUT2D eigenvalue weighted by Crippen LogP contribution is -2.33. The summed E-state index contributed by atoms with van der Waals surface area (Å²) >= 11 is 0. The van der Waals surface area contributed by atoms with Crippen LogP contribution in [-0.4, -0.2) is 17.1 Å². The van der Waals surface area contributed by atoms with Crippen LogP contribution in [-0.2, 0) is 11.2 Å². The Labute approximate surface area is 80.6 Å². The quantitative estimate of drug-likeness (QED) is 0.716. The lowest BCUT2D eigenvalue weighted by atomic mass is 9.98. The number of hydrogen-bond acceptors (Lipinski definition) is 2. The summed E-state index contributed by atoms with van der Waals surface area (Å²) in [4.78, 5) is 10.7. The van der Waals surface area contributed by atoms with Crippen LogP contribution in [0.4, 0.5) is 10.1 Å². The van der Waals surface area contributed by atoms with Gasteiger partial charge in [0.15, 0.2) is 0 Å². The van der Waals surface area contributed by atoms with Crippen LogP contribution in [0.25, 0.3) is 0 Å². The van der Waals surface area contributed by atoms with Gasteiger partial charge in [-0.25, -0.2) is 9.18 Å². The standard InChI is InChI=1S/C10H10FNO2/c11-7-3-1-6-2-4-8(10(13)14)12-9(6)5-7/h1,3,5,8,12H,2,4H2,(H,13,14)/t8-/m1/s1. The van der Waals surface area contributed by atoms with E-state index in [1.165, 1.54) is 12.1 Å². The lowest BCUT2D eigenvalue weighted by molar-refractivity contribution is -0.138. The van der Waals surface area contributed by atoms with Gasteiger partial charge in [-0.3, -0.25) is 0 Å². The van der Waals surface area contributed by atoms with Crippen LogP contribution in [0, 0.1) is 5.82 Å². The molecule has 2 N–H and O–H groups in total. The summed E-state index contributed by atoms with van der Waals surface area (Å²) in [6.45, 7) is 0. The molecule has 0 bridgehead atoms. The van der Waals surface area contributed by atoms with E-state index >= 15 is 0 Å². The zero-order valence-electron chi connectivity index (χ0n) is 7.46. The lowest BCUT2D eigenvalue weighted by Gasteiger charge is -2.23. The normalized spacial score (nSPS) is 19.6. The molecule has 1 heterocycles. The van der Waals surface area contributed by atoms with Gasteiger partial charge in [-0.2, -0.15) is 0 Å². The minimum atomic E-state index is -0.889. The highest BCUT2D eigenvalue weighted by molar-refractivity contribution is 5.78. The predicted molar refractivity (Wildman–Crippen MR) is 49.8 cm³/mol. The summed E-state index contributed by atoms with van der Waals surface area (Å²) in [7, 11) is 0. The highest BCUT2D eigenvalue weighted by Gasteiger charge is 2.23. The number of carbonyl (C=O) groups is 1. The SMILES string of the molecule is O=C(O)[C@H]1CCc2ccc(F)cc2N1. The maximum atomic E-state index is 12.8. The molecule has 0 spiro atoms. The van der Waals surface area contributed by atoms with Crippen molar-refractivity contribution in [2.24, 2.45) is 0 Å². The Hall–Kier alpha value is -1.58. The number of aryl methyl sites for hydroxylation is 1. The van der Waals surface area contributed by atoms with E-state index in [-0.39, 0.29) is 5.82 Å². The summed E-state index contributed by atoms with van der Waals surface area (Å²) in [5, 5.41) is 11.6. The van der Waals surface area contributed by atoms with Crippen molar-refractivity contribution in [1.82, 2.24) is 0 Å². The summed E-state index contributed by atoms with van der Waals surface area (Å²) in [6, 6.07) is 3.83. The molecule has 0 aromatic heterocycles. The number of halogens is 1. The second kappa shape index (κ2) is 3.29. The fourth-order valence-corrected chi connectivity index (χ4v) is 1.65. The van der Waals surface area contributed by atoms with E-state index in [1.54, 1.807) is 6.07 Å². The molecule has 0 aliphatic carbocycles. The Kier molecular flexibility index (Phi) is 2.11. The largest absolute Gasteiger partial charge is 0.480 e. The fourth-order valence-electron chi connectivity index (χ4n) is 1.65. The van der Waals surface area contributed by atoms with Crippen molar-refractivity contribution in [3.63, 3.8) is 0 Å². The average molecular weight is 195 g/mol. The van der Waals surface area contributed by atoms with Crippen LogP contribution in [0.5, 0.6) is 0 Å². The van der Waals surface area contributed by atoms with Gasteiger partial charge in [0, 0.05) is 5.69 Å². The Morgan fingerprint density at radius 2 is 2.36 bits per heavy atom. The molecular weight excluding hydrogens is 185 g/mol. The van der Waals surface area contributed by atoms with Crippen LogP contribution in [0.1, 0.15) is 12.0 Å². The van der Waals surface area contributed by atoms with E-state index in [2.05, 4.69) is 5.32 Å². The second-order valence-corrected chi connectivity index (χ2v) is 3.38. The smallest absolute Gasteiger partial charge is 0.326 e. The molecule has 0 fully saturated rings. The number of nitrogens with one attached hydrogen (secondary N) is 1. The van der Waals surface area contributed by atoms with E-state index in [0.29, 0.717) is 18.5 Å². The van der Waals surface area contributed by atoms with Gasteiger partial charge in [0.25, 0.3) is 0 Å². The molecule has 1 aromatic carbocycles. The van der Waals surface area contributed by atoms with Crippen molar-refractivity contribution in [3.8, 4) is 0 Å². The average Bonchev–Trinajstić information content (AvgIpc) is 2.16. The first-order valence-corrected chi connectivity index (χ1v) is 4.44. The van der Waals surface area contributed by atoms with Gasteiger partial charge in [-0.1, -0.05) is 6.07 Å². The fraction of sp³-hybridized carbons (Fsp3) is 0.300. The van der Waals surface area contributed by atoms with Crippen LogP contribution in [0.3, 0.4) is 0 Å². The summed E-state index contributed by atoms with van der Waals surface area (Å²) in [6.07, 6.45) is 1.23. The molecule has 2 rings (SSSR count). The third-order valence-corrected chi connectivity index (χ3v) is 2.40. The van der Waals surface area contributed by atoms with Gasteiger partial charge in [-0.15, -0.1) is 0 Å². The first-order valence-electron chi connectivity index (χ1n) is 4.44. The van der Waals surface area contributed by atoms with Gasteiger partial charge in [-0.05, 0) is 30.5 Å². The van der Waals surface area contributed by atoms with E-state index in [0.717, 1.165) is 5.56 Å². The summed E-state index contributed by atoms with van der Waals surface area (Å²) in [5.41, 5.74) is 1.58.